The summed E-state index contributed by atoms with van der Waals surface area (Å²) in [6.07, 6.45) is 2.10. The third-order valence-electron chi connectivity index (χ3n) is 3.97. The van der Waals surface area contributed by atoms with E-state index >= 15 is 0 Å². The Bertz CT molecular complexity index is 425. The minimum atomic E-state index is -0.466. The first kappa shape index (κ1) is 16.3. The summed E-state index contributed by atoms with van der Waals surface area (Å²) in [5.74, 6) is 1.52. The van der Waals surface area contributed by atoms with Gasteiger partial charge in [0, 0.05) is 13.1 Å². The van der Waals surface area contributed by atoms with Crippen LogP contribution in [-0.4, -0.2) is 55.9 Å². The molecule has 1 heterocycles. The van der Waals surface area contributed by atoms with Crippen molar-refractivity contribution in [3.05, 3.63) is 29.8 Å². The molecule has 2 N–H and O–H groups in total. The molecule has 1 aromatic carbocycles. The minimum Gasteiger partial charge on any atom is -0.491 e. The second-order valence-corrected chi connectivity index (χ2v) is 6.21. The van der Waals surface area contributed by atoms with E-state index in [1.165, 1.54) is 24.9 Å². The number of benzene rings is 1. The van der Waals surface area contributed by atoms with Crippen molar-refractivity contribution in [2.45, 2.75) is 25.9 Å². The molecule has 1 fully saturated rings. The highest BCUT2D eigenvalue weighted by molar-refractivity contribution is 5.27. The van der Waals surface area contributed by atoms with Crippen molar-refractivity contribution in [2.75, 3.05) is 39.8 Å². The van der Waals surface area contributed by atoms with E-state index in [4.69, 9.17) is 4.74 Å². The summed E-state index contributed by atoms with van der Waals surface area (Å²) in [6.45, 7) is 6.30. The molecule has 0 aromatic heterocycles. The summed E-state index contributed by atoms with van der Waals surface area (Å²) in [4.78, 5) is 2.38. The number of ether oxygens (including phenoxy) is 1. The van der Waals surface area contributed by atoms with Gasteiger partial charge in [0.25, 0.3) is 0 Å². The first-order valence-corrected chi connectivity index (χ1v) is 7.90. The third-order valence-corrected chi connectivity index (χ3v) is 3.97. The van der Waals surface area contributed by atoms with Gasteiger partial charge in [0.1, 0.15) is 18.5 Å². The van der Waals surface area contributed by atoms with Crippen LogP contribution in [0.25, 0.3) is 0 Å². The van der Waals surface area contributed by atoms with Gasteiger partial charge in [-0.05, 0) is 63.5 Å². The quantitative estimate of drug-likeness (QED) is 0.802. The lowest BCUT2D eigenvalue weighted by Gasteiger charge is -2.30. The summed E-state index contributed by atoms with van der Waals surface area (Å²) in [6, 6.07) is 7.91. The van der Waals surface area contributed by atoms with E-state index < -0.39 is 6.10 Å². The van der Waals surface area contributed by atoms with Crippen LogP contribution in [0.15, 0.2) is 24.3 Å². The Hall–Kier alpha value is -1.10. The summed E-state index contributed by atoms with van der Waals surface area (Å²) in [5.41, 5.74) is 1.17. The Morgan fingerprint density at radius 3 is 3.10 bits per heavy atom. The molecule has 2 unspecified atom stereocenters. The maximum atomic E-state index is 9.96. The maximum Gasteiger partial charge on any atom is 0.119 e. The molecule has 1 saturated heterocycles. The van der Waals surface area contributed by atoms with Crippen LogP contribution in [0.4, 0.5) is 0 Å². The summed E-state index contributed by atoms with van der Waals surface area (Å²) in [7, 11) is 2.18. The lowest BCUT2D eigenvalue weighted by molar-refractivity contribution is 0.103. The Morgan fingerprint density at radius 1 is 1.48 bits per heavy atom. The molecule has 0 aliphatic carbocycles. The smallest absolute Gasteiger partial charge is 0.119 e. The Balaban J connectivity index is 1.60. The Morgan fingerprint density at radius 2 is 2.33 bits per heavy atom. The van der Waals surface area contributed by atoms with Crippen molar-refractivity contribution in [2.24, 2.45) is 5.92 Å². The lowest BCUT2D eigenvalue weighted by Crippen LogP contribution is -2.40. The fourth-order valence-corrected chi connectivity index (χ4v) is 2.85. The molecule has 2 rings (SSSR count). The topological polar surface area (TPSA) is 44.7 Å². The Labute approximate surface area is 128 Å². The van der Waals surface area contributed by atoms with E-state index in [1.807, 2.05) is 31.2 Å². The number of aryl methyl sites for hydroxylation is 1. The van der Waals surface area contributed by atoms with Crippen LogP contribution in [0, 0.1) is 12.8 Å². The molecular weight excluding hydrogens is 264 g/mol. The van der Waals surface area contributed by atoms with E-state index in [2.05, 4.69) is 17.3 Å². The minimum absolute atomic E-state index is 0.334. The van der Waals surface area contributed by atoms with E-state index in [0.29, 0.717) is 19.1 Å². The number of aliphatic hydroxyl groups is 1. The normalized spacial score (nSPS) is 21.2. The number of hydrogen-bond acceptors (Lipinski definition) is 4. The molecule has 0 amide bonds. The number of hydrogen-bond donors (Lipinski definition) is 2. The van der Waals surface area contributed by atoms with Crippen molar-refractivity contribution in [1.82, 2.24) is 10.2 Å². The highest BCUT2D eigenvalue weighted by Gasteiger charge is 2.17. The van der Waals surface area contributed by atoms with Crippen LogP contribution in [0.3, 0.4) is 0 Å². The Kier molecular flexibility index (Phi) is 6.49. The second kappa shape index (κ2) is 8.37. The van der Waals surface area contributed by atoms with Crippen LogP contribution < -0.4 is 10.1 Å². The average Bonchev–Trinajstić information content (AvgIpc) is 2.45. The number of piperidine rings is 1. The number of nitrogens with zero attached hydrogens (tertiary/aromatic N) is 1. The molecular formula is C17H28N2O2. The molecule has 1 aromatic rings. The molecule has 4 nitrogen and oxygen atoms in total. The van der Waals surface area contributed by atoms with Crippen LogP contribution in [0.5, 0.6) is 5.75 Å². The number of likely N-dealkylation sites (tertiary alicyclic amines) is 1. The number of aliphatic hydroxyl groups excluding tert-OH is 1. The SMILES string of the molecule is Cc1cccc(OCC(O)CNCC2CCCN(C)C2)c1. The average molecular weight is 292 g/mol. The van der Waals surface area contributed by atoms with Gasteiger partial charge in [0.15, 0.2) is 0 Å². The van der Waals surface area contributed by atoms with Gasteiger partial charge in [0.2, 0.25) is 0 Å². The van der Waals surface area contributed by atoms with Crippen molar-refractivity contribution in [3.8, 4) is 5.75 Å². The molecule has 1 aliphatic heterocycles. The predicted molar refractivity (Wildman–Crippen MR) is 85.8 cm³/mol. The first-order chi connectivity index (χ1) is 10.1. The second-order valence-electron chi connectivity index (χ2n) is 6.21. The van der Waals surface area contributed by atoms with Crippen molar-refractivity contribution in [3.63, 3.8) is 0 Å². The van der Waals surface area contributed by atoms with Gasteiger partial charge in [-0.1, -0.05) is 12.1 Å². The van der Waals surface area contributed by atoms with Gasteiger partial charge in [-0.25, -0.2) is 0 Å². The van der Waals surface area contributed by atoms with E-state index in [9.17, 15) is 5.11 Å². The summed E-state index contributed by atoms with van der Waals surface area (Å²) in [5, 5.41) is 13.3. The maximum absolute atomic E-state index is 9.96. The number of rotatable bonds is 7. The van der Waals surface area contributed by atoms with Gasteiger partial charge in [-0.3, -0.25) is 0 Å². The van der Waals surface area contributed by atoms with Crippen molar-refractivity contribution < 1.29 is 9.84 Å². The molecule has 4 heteroatoms. The lowest BCUT2D eigenvalue weighted by atomic mass is 9.98. The van der Waals surface area contributed by atoms with E-state index in [0.717, 1.165) is 18.8 Å². The van der Waals surface area contributed by atoms with Crippen molar-refractivity contribution >= 4 is 0 Å². The predicted octanol–water partition coefficient (Wildman–Crippen LogP) is 1.67. The molecule has 1 aliphatic rings. The van der Waals surface area contributed by atoms with Gasteiger partial charge >= 0.3 is 0 Å². The van der Waals surface area contributed by atoms with Gasteiger partial charge in [-0.15, -0.1) is 0 Å². The number of nitrogens with one attached hydrogen (secondary N) is 1. The highest BCUT2D eigenvalue weighted by atomic mass is 16.5. The van der Waals surface area contributed by atoms with Crippen LogP contribution in [0.2, 0.25) is 0 Å². The van der Waals surface area contributed by atoms with Gasteiger partial charge in [-0.2, -0.15) is 0 Å². The van der Waals surface area contributed by atoms with Gasteiger partial charge < -0.3 is 20.1 Å². The van der Waals surface area contributed by atoms with Gasteiger partial charge in [0.05, 0.1) is 0 Å². The fourth-order valence-electron chi connectivity index (χ4n) is 2.85. The standard InChI is InChI=1S/C17H28N2O2/c1-14-5-3-7-17(9-14)21-13-16(20)11-18-10-15-6-4-8-19(2)12-15/h3,5,7,9,15-16,18,20H,4,6,8,10-13H2,1-2H3. The molecule has 2 atom stereocenters. The molecule has 21 heavy (non-hydrogen) atoms. The monoisotopic (exact) mass is 292 g/mol. The molecule has 0 radical (unpaired) electrons. The zero-order valence-corrected chi connectivity index (χ0v) is 13.2. The van der Waals surface area contributed by atoms with Crippen LogP contribution in [-0.2, 0) is 0 Å². The van der Waals surface area contributed by atoms with Crippen LogP contribution >= 0.6 is 0 Å². The summed E-state index contributed by atoms with van der Waals surface area (Å²) < 4.78 is 5.61. The summed E-state index contributed by atoms with van der Waals surface area (Å²) >= 11 is 0. The largest absolute Gasteiger partial charge is 0.491 e. The van der Waals surface area contributed by atoms with E-state index in [1.54, 1.807) is 0 Å². The first-order valence-electron chi connectivity index (χ1n) is 7.90. The molecule has 0 spiro atoms. The highest BCUT2D eigenvalue weighted by Crippen LogP contribution is 2.14. The third kappa shape index (κ3) is 6.04. The van der Waals surface area contributed by atoms with E-state index in [-0.39, 0.29) is 0 Å². The fraction of sp³-hybridized carbons (Fsp3) is 0.647. The van der Waals surface area contributed by atoms with Crippen LogP contribution in [0.1, 0.15) is 18.4 Å². The molecule has 118 valence electrons. The molecule has 0 saturated carbocycles. The van der Waals surface area contributed by atoms with Crippen molar-refractivity contribution in [1.29, 1.82) is 0 Å². The molecule has 0 bridgehead atoms. The zero-order chi connectivity index (χ0) is 15.1. The zero-order valence-electron chi connectivity index (χ0n) is 13.2.